The van der Waals surface area contributed by atoms with Crippen molar-refractivity contribution in [2.24, 2.45) is 23.7 Å². The molecule has 0 N–H and O–H groups in total. The van der Waals surface area contributed by atoms with E-state index in [1.165, 1.54) is 65.1 Å². The van der Waals surface area contributed by atoms with Gasteiger partial charge in [-0.15, -0.1) is 0 Å². The lowest BCUT2D eigenvalue weighted by Gasteiger charge is -2.62. The molecule has 4 aliphatic carbocycles. The molecule has 4 bridgehead atoms. The predicted octanol–water partition coefficient (Wildman–Crippen LogP) is 12.2. The molecule has 0 amide bonds. The molecule has 3 heterocycles. The molecular weight excluding hydrogens is 673 g/mol. The third kappa shape index (κ3) is 5.05. The van der Waals surface area contributed by atoms with Gasteiger partial charge in [-0.05, 0) is 129 Å². The minimum atomic E-state index is 0.0117. The molecule has 5 nitrogen and oxygen atoms in total. The zero-order valence-corrected chi connectivity index (χ0v) is 31.4. The van der Waals surface area contributed by atoms with E-state index in [0.29, 0.717) is 11.8 Å². The van der Waals surface area contributed by atoms with Crippen LogP contribution >= 0.6 is 0 Å². The number of ether oxygens (including phenoxy) is 1. The van der Waals surface area contributed by atoms with Crippen molar-refractivity contribution in [3.63, 3.8) is 0 Å². The molecule has 0 unspecified atom stereocenters. The lowest BCUT2D eigenvalue weighted by Crippen LogP contribution is -2.56. The second-order valence-electron chi connectivity index (χ2n) is 16.4. The van der Waals surface area contributed by atoms with Gasteiger partial charge in [0, 0.05) is 45.8 Å². The average Bonchev–Trinajstić information content (AvgIpc) is 3.71. The Hall–Kier alpha value is -5.94. The predicted molar refractivity (Wildman–Crippen MR) is 221 cm³/mol. The van der Waals surface area contributed by atoms with Crippen molar-refractivity contribution in [1.82, 2.24) is 19.3 Å². The lowest BCUT2D eigenvalue weighted by atomic mass is 9.42. The number of hydrogen-bond donors (Lipinski definition) is 0. The topological polar surface area (TPSA) is 44.9 Å². The average molecular weight is 717 g/mol. The zero-order chi connectivity index (χ0) is 36.7. The molecule has 4 aliphatic rings. The second-order valence-corrected chi connectivity index (χ2v) is 16.4. The number of pyridine rings is 1. The summed E-state index contributed by atoms with van der Waals surface area (Å²) in [6, 6.07) is 50.1. The highest BCUT2D eigenvalue weighted by Crippen LogP contribution is 2.65. The van der Waals surface area contributed by atoms with Crippen LogP contribution in [-0.2, 0) is 5.41 Å². The van der Waals surface area contributed by atoms with Crippen LogP contribution in [0.5, 0.6) is 11.5 Å². The Labute approximate surface area is 322 Å². The van der Waals surface area contributed by atoms with Gasteiger partial charge in [-0.2, -0.15) is 5.10 Å². The van der Waals surface area contributed by atoms with E-state index in [2.05, 4.69) is 146 Å². The summed E-state index contributed by atoms with van der Waals surface area (Å²) in [5.74, 6) is 5.60. The number of nitrogens with zero attached hydrogens (tertiary/aromatic N) is 4. The van der Waals surface area contributed by atoms with Gasteiger partial charge < -0.3 is 4.74 Å². The van der Waals surface area contributed by atoms with Crippen LogP contribution in [0.3, 0.4) is 0 Å². The first-order chi connectivity index (χ1) is 27.0. The van der Waals surface area contributed by atoms with Gasteiger partial charge in [-0.1, -0.05) is 84.9 Å². The third-order valence-corrected chi connectivity index (χ3v) is 13.4. The van der Waals surface area contributed by atoms with Gasteiger partial charge in [0.05, 0.1) is 22.4 Å². The summed E-state index contributed by atoms with van der Waals surface area (Å²) >= 11 is 0. The van der Waals surface area contributed by atoms with Gasteiger partial charge in [0.15, 0.2) is 0 Å². The molecule has 4 saturated carbocycles. The molecule has 270 valence electrons. The summed E-state index contributed by atoms with van der Waals surface area (Å²) < 4.78 is 11.1. The van der Waals surface area contributed by atoms with Gasteiger partial charge in [0.25, 0.3) is 0 Å². The summed E-state index contributed by atoms with van der Waals surface area (Å²) in [6.07, 6.45) is 8.85. The van der Waals surface area contributed by atoms with E-state index in [1.807, 2.05) is 22.9 Å². The minimum Gasteiger partial charge on any atom is -0.457 e. The van der Waals surface area contributed by atoms with Crippen LogP contribution in [0.2, 0.25) is 0 Å². The lowest BCUT2D eigenvalue weighted by molar-refractivity contribution is -0.0418. The molecule has 5 heteroatoms. The Bertz CT molecular complexity index is 2700. The molecular formula is C50H44N4O. The number of benzene rings is 5. The first-order valence-electron chi connectivity index (χ1n) is 20.0. The van der Waals surface area contributed by atoms with Crippen molar-refractivity contribution >= 4 is 21.8 Å². The van der Waals surface area contributed by atoms with Crippen LogP contribution in [-0.4, -0.2) is 19.3 Å². The maximum atomic E-state index is 6.68. The Kier molecular flexibility index (Phi) is 7.42. The van der Waals surface area contributed by atoms with Crippen LogP contribution in [0.15, 0.2) is 146 Å². The van der Waals surface area contributed by atoms with E-state index >= 15 is 0 Å². The number of aryl methyl sites for hydroxylation is 1. The van der Waals surface area contributed by atoms with Crippen LogP contribution in [0.4, 0.5) is 0 Å². The summed E-state index contributed by atoms with van der Waals surface area (Å²) in [5, 5.41) is 7.36. The van der Waals surface area contributed by atoms with E-state index in [-0.39, 0.29) is 5.41 Å². The molecule has 5 aromatic carbocycles. The SMILES string of the molecule is Cc1nn(-c2cccc(Oc3ccc4c5ccccc5n(-c5cc(C6(c7ccccc7)C7CC8CC(C7)CC6C8)ccn5)c4c3)c2)c(C)c1-c1ccccc1. The summed E-state index contributed by atoms with van der Waals surface area (Å²) in [6.45, 7) is 4.21. The molecule has 0 aliphatic heterocycles. The number of fused-ring (bicyclic) bond motifs is 3. The molecule has 4 fully saturated rings. The van der Waals surface area contributed by atoms with Gasteiger partial charge in [-0.25, -0.2) is 9.67 Å². The minimum absolute atomic E-state index is 0.0117. The highest BCUT2D eigenvalue weighted by molar-refractivity contribution is 6.09. The van der Waals surface area contributed by atoms with Crippen LogP contribution < -0.4 is 4.74 Å². The number of para-hydroxylation sites is 1. The van der Waals surface area contributed by atoms with Crippen molar-refractivity contribution in [1.29, 1.82) is 0 Å². The van der Waals surface area contributed by atoms with Crippen molar-refractivity contribution in [3.8, 4) is 34.1 Å². The first kappa shape index (κ1) is 32.5. The van der Waals surface area contributed by atoms with Crippen molar-refractivity contribution in [2.75, 3.05) is 0 Å². The molecule has 0 spiro atoms. The van der Waals surface area contributed by atoms with Crippen LogP contribution in [0.25, 0.3) is 44.4 Å². The molecule has 55 heavy (non-hydrogen) atoms. The van der Waals surface area contributed by atoms with E-state index < -0.39 is 0 Å². The number of rotatable bonds is 7. The molecule has 12 rings (SSSR count). The van der Waals surface area contributed by atoms with Gasteiger partial charge in [0.1, 0.15) is 17.3 Å². The largest absolute Gasteiger partial charge is 0.457 e. The van der Waals surface area contributed by atoms with E-state index in [9.17, 15) is 0 Å². The highest BCUT2D eigenvalue weighted by atomic mass is 16.5. The summed E-state index contributed by atoms with van der Waals surface area (Å²) in [7, 11) is 0. The van der Waals surface area contributed by atoms with Crippen molar-refractivity contribution < 1.29 is 4.74 Å². The monoisotopic (exact) mass is 716 g/mol. The third-order valence-electron chi connectivity index (χ3n) is 13.4. The Morgan fingerprint density at radius 2 is 1.29 bits per heavy atom. The fourth-order valence-electron chi connectivity index (χ4n) is 11.5. The Balaban J connectivity index is 1.00. The maximum absolute atomic E-state index is 6.68. The van der Waals surface area contributed by atoms with Gasteiger partial charge >= 0.3 is 0 Å². The quantitative estimate of drug-likeness (QED) is 0.165. The van der Waals surface area contributed by atoms with Crippen molar-refractivity contribution in [3.05, 3.63) is 168 Å². The highest BCUT2D eigenvalue weighted by Gasteiger charge is 2.58. The zero-order valence-electron chi connectivity index (χ0n) is 31.4. The molecule has 0 atom stereocenters. The second kappa shape index (κ2) is 12.6. The van der Waals surface area contributed by atoms with Crippen molar-refractivity contribution in [2.45, 2.75) is 51.4 Å². The normalized spacial score (nSPS) is 22.8. The van der Waals surface area contributed by atoms with Gasteiger partial charge in [0.2, 0.25) is 0 Å². The maximum Gasteiger partial charge on any atom is 0.137 e. The smallest absolute Gasteiger partial charge is 0.137 e. The number of hydrogen-bond acceptors (Lipinski definition) is 3. The summed E-state index contributed by atoms with van der Waals surface area (Å²) in [4.78, 5) is 5.13. The van der Waals surface area contributed by atoms with Crippen LogP contribution in [0, 0.1) is 37.5 Å². The van der Waals surface area contributed by atoms with E-state index in [0.717, 1.165) is 57.3 Å². The molecule has 8 aromatic rings. The molecule has 0 radical (unpaired) electrons. The molecule has 0 saturated heterocycles. The Morgan fingerprint density at radius 3 is 2.07 bits per heavy atom. The number of aromatic nitrogens is 4. The van der Waals surface area contributed by atoms with E-state index in [4.69, 9.17) is 14.8 Å². The standard InChI is InChI=1S/C50H44N4O/c1-32-49(36-12-5-3-6-13-36)33(2)54(52-32)41-16-11-17-42(30-41)55-43-20-21-45-44-18-9-10-19-46(44)53(47(45)31-43)48-29-38(22-23-51-48)50(37-14-7-4-8-15-37)39-25-34-24-35(27-39)28-40(50)26-34/h3-23,29-31,34-35,39-40H,24-28H2,1-2H3. The Morgan fingerprint density at radius 1 is 0.600 bits per heavy atom. The van der Waals surface area contributed by atoms with Gasteiger partial charge in [-0.3, -0.25) is 4.57 Å². The fourth-order valence-corrected chi connectivity index (χ4v) is 11.5. The summed E-state index contributed by atoms with van der Waals surface area (Å²) in [5.41, 5.74) is 10.6. The van der Waals surface area contributed by atoms with Crippen LogP contribution in [0.1, 0.15) is 54.6 Å². The fraction of sp³-hybridized carbons (Fsp3) is 0.240. The first-order valence-corrected chi connectivity index (χ1v) is 20.0. The molecule has 3 aromatic heterocycles. The van der Waals surface area contributed by atoms with E-state index in [1.54, 1.807) is 0 Å².